The van der Waals surface area contributed by atoms with Crippen LogP contribution in [0.2, 0.25) is 0 Å². The Bertz CT molecular complexity index is 664. The van der Waals surface area contributed by atoms with Gasteiger partial charge in [0.25, 0.3) is 0 Å². The number of amides is 1. The maximum absolute atomic E-state index is 12.8. The molecule has 0 unspecified atom stereocenters. The summed E-state index contributed by atoms with van der Waals surface area (Å²) < 4.78 is 0. The van der Waals surface area contributed by atoms with E-state index in [0.29, 0.717) is 11.8 Å². The van der Waals surface area contributed by atoms with Crippen LogP contribution in [0.15, 0.2) is 54.6 Å². The third-order valence-corrected chi connectivity index (χ3v) is 4.81. The first-order valence-corrected chi connectivity index (χ1v) is 7.72. The first-order valence-electron chi connectivity index (χ1n) is 7.72. The van der Waals surface area contributed by atoms with Crippen LogP contribution in [0.25, 0.3) is 0 Å². The van der Waals surface area contributed by atoms with Gasteiger partial charge in [-0.3, -0.25) is 4.79 Å². The lowest BCUT2D eigenvalue weighted by molar-refractivity contribution is -0.138. The second-order valence-corrected chi connectivity index (χ2v) is 6.26. The number of fused-ring (bicyclic) bond motifs is 4. The second kappa shape index (κ2) is 5.03. The molecule has 1 amide bonds. The lowest BCUT2D eigenvalue weighted by Gasteiger charge is -2.41. The smallest absolute Gasteiger partial charge is 0.230 e. The van der Waals surface area contributed by atoms with Gasteiger partial charge in [0.2, 0.25) is 5.91 Å². The molecular formula is C19H19NO. The predicted octanol–water partition coefficient (Wildman–Crippen LogP) is 3.38. The van der Waals surface area contributed by atoms with Crippen LogP contribution in [-0.4, -0.2) is 17.4 Å². The van der Waals surface area contributed by atoms with Gasteiger partial charge in [-0.1, -0.05) is 54.6 Å². The van der Waals surface area contributed by atoms with Crippen LogP contribution in [0.3, 0.4) is 0 Å². The third kappa shape index (κ3) is 2.25. The number of rotatable bonds is 2. The fraction of sp³-hybridized carbons (Fsp3) is 0.316. The van der Waals surface area contributed by atoms with Crippen molar-refractivity contribution in [3.8, 4) is 0 Å². The van der Waals surface area contributed by atoms with Crippen molar-refractivity contribution in [3.05, 3.63) is 71.3 Å². The highest BCUT2D eigenvalue weighted by atomic mass is 16.2. The largest absolute Gasteiger partial charge is 0.338 e. The number of carbonyl (C=O) groups is 1. The van der Waals surface area contributed by atoms with Crippen LogP contribution in [-0.2, 0) is 17.8 Å². The molecule has 2 atom stereocenters. The standard InChI is InChI=1S/C19H19NO/c21-19-18-11-15(10-16-8-4-5-9-17(16)18)13-20(19)12-14-6-2-1-3-7-14/h1-9,15,18H,10-13H2/t15-,18-/m0/s1. The molecule has 0 aromatic heterocycles. The van der Waals surface area contributed by atoms with Gasteiger partial charge >= 0.3 is 0 Å². The van der Waals surface area contributed by atoms with E-state index in [4.69, 9.17) is 0 Å². The van der Waals surface area contributed by atoms with Crippen molar-refractivity contribution in [1.82, 2.24) is 4.90 Å². The number of piperidine rings is 1. The molecule has 2 bridgehead atoms. The number of carbonyl (C=O) groups excluding carboxylic acids is 1. The zero-order valence-electron chi connectivity index (χ0n) is 12.0. The van der Waals surface area contributed by atoms with Gasteiger partial charge in [0.05, 0.1) is 5.92 Å². The van der Waals surface area contributed by atoms with E-state index in [-0.39, 0.29) is 5.92 Å². The molecule has 1 aliphatic carbocycles. The molecule has 2 aromatic rings. The van der Waals surface area contributed by atoms with Gasteiger partial charge in [-0.05, 0) is 35.4 Å². The van der Waals surface area contributed by atoms with E-state index in [0.717, 1.165) is 25.9 Å². The van der Waals surface area contributed by atoms with E-state index in [2.05, 4.69) is 41.3 Å². The molecule has 21 heavy (non-hydrogen) atoms. The highest BCUT2D eigenvalue weighted by Gasteiger charge is 2.39. The monoisotopic (exact) mass is 277 g/mol. The molecule has 1 aliphatic heterocycles. The minimum absolute atomic E-state index is 0.0809. The van der Waals surface area contributed by atoms with Crippen molar-refractivity contribution < 1.29 is 4.79 Å². The molecule has 2 aromatic carbocycles. The Morgan fingerprint density at radius 3 is 2.62 bits per heavy atom. The van der Waals surface area contributed by atoms with Crippen LogP contribution in [0.1, 0.15) is 29.0 Å². The highest BCUT2D eigenvalue weighted by Crippen LogP contribution is 2.40. The minimum atomic E-state index is 0.0809. The van der Waals surface area contributed by atoms with E-state index in [1.165, 1.54) is 16.7 Å². The zero-order valence-corrected chi connectivity index (χ0v) is 12.0. The molecule has 0 saturated carbocycles. The maximum atomic E-state index is 12.8. The summed E-state index contributed by atoms with van der Waals surface area (Å²) in [7, 11) is 0. The molecule has 1 saturated heterocycles. The summed E-state index contributed by atoms with van der Waals surface area (Å²) in [6.07, 6.45) is 2.15. The van der Waals surface area contributed by atoms with Crippen molar-refractivity contribution in [1.29, 1.82) is 0 Å². The normalized spacial score (nSPS) is 23.8. The lowest BCUT2D eigenvalue weighted by Crippen LogP contribution is -2.46. The Hall–Kier alpha value is -2.09. The Kier molecular flexibility index (Phi) is 3.03. The van der Waals surface area contributed by atoms with Crippen molar-refractivity contribution in [2.75, 3.05) is 6.54 Å². The van der Waals surface area contributed by atoms with Gasteiger partial charge in [0, 0.05) is 13.1 Å². The highest BCUT2D eigenvalue weighted by molar-refractivity contribution is 5.85. The van der Waals surface area contributed by atoms with E-state index in [1.807, 2.05) is 18.2 Å². The summed E-state index contributed by atoms with van der Waals surface area (Å²) in [6.45, 7) is 1.65. The number of hydrogen-bond acceptors (Lipinski definition) is 1. The van der Waals surface area contributed by atoms with Crippen LogP contribution in [0.5, 0.6) is 0 Å². The predicted molar refractivity (Wildman–Crippen MR) is 82.9 cm³/mol. The Morgan fingerprint density at radius 1 is 1.00 bits per heavy atom. The van der Waals surface area contributed by atoms with Gasteiger partial charge in [0.1, 0.15) is 0 Å². The van der Waals surface area contributed by atoms with E-state index in [9.17, 15) is 4.79 Å². The average molecular weight is 277 g/mol. The summed E-state index contributed by atoms with van der Waals surface area (Å²) in [5.74, 6) is 1.01. The average Bonchev–Trinajstić information content (AvgIpc) is 2.53. The summed E-state index contributed by atoms with van der Waals surface area (Å²) in [4.78, 5) is 14.9. The second-order valence-electron chi connectivity index (χ2n) is 6.26. The van der Waals surface area contributed by atoms with Crippen LogP contribution in [0, 0.1) is 5.92 Å². The first-order chi connectivity index (χ1) is 10.3. The van der Waals surface area contributed by atoms with Crippen LogP contribution >= 0.6 is 0 Å². The zero-order chi connectivity index (χ0) is 14.2. The molecule has 1 fully saturated rings. The Balaban J connectivity index is 1.62. The summed E-state index contributed by atoms with van der Waals surface area (Å²) in [5.41, 5.74) is 3.86. The first kappa shape index (κ1) is 12.6. The molecule has 1 heterocycles. The van der Waals surface area contributed by atoms with Gasteiger partial charge in [-0.2, -0.15) is 0 Å². The van der Waals surface area contributed by atoms with Gasteiger partial charge in [-0.25, -0.2) is 0 Å². The molecular weight excluding hydrogens is 258 g/mol. The summed E-state index contributed by atoms with van der Waals surface area (Å²) in [6, 6.07) is 18.8. The number of likely N-dealkylation sites (tertiary alicyclic amines) is 1. The molecule has 2 aliphatic rings. The maximum Gasteiger partial charge on any atom is 0.230 e. The minimum Gasteiger partial charge on any atom is -0.338 e. The molecule has 0 radical (unpaired) electrons. The van der Waals surface area contributed by atoms with E-state index >= 15 is 0 Å². The Morgan fingerprint density at radius 2 is 1.76 bits per heavy atom. The summed E-state index contributed by atoms with van der Waals surface area (Å²) in [5, 5.41) is 0. The fourth-order valence-corrected chi connectivity index (χ4v) is 3.86. The molecule has 4 rings (SSSR count). The topological polar surface area (TPSA) is 20.3 Å². The van der Waals surface area contributed by atoms with Crippen molar-refractivity contribution in [2.45, 2.75) is 25.3 Å². The number of benzene rings is 2. The van der Waals surface area contributed by atoms with Crippen molar-refractivity contribution >= 4 is 5.91 Å². The third-order valence-electron chi connectivity index (χ3n) is 4.81. The van der Waals surface area contributed by atoms with E-state index in [1.54, 1.807) is 0 Å². The molecule has 0 N–H and O–H groups in total. The fourth-order valence-electron chi connectivity index (χ4n) is 3.86. The molecule has 0 spiro atoms. The summed E-state index contributed by atoms with van der Waals surface area (Å²) >= 11 is 0. The van der Waals surface area contributed by atoms with Crippen molar-refractivity contribution in [3.63, 3.8) is 0 Å². The lowest BCUT2D eigenvalue weighted by atomic mass is 9.73. The molecule has 2 nitrogen and oxygen atoms in total. The molecule has 106 valence electrons. The van der Waals surface area contributed by atoms with E-state index < -0.39 is 0 Å². The van der Waals surface area contributed by atoms with Crippen LogP contribution in [0.4, 0.5) is 0 Å². The van der Waals surface area contributed by atoms with Gasteiger partial charge < -0.3 is 4.90 Å². The quantitative estimate of drug-likeness (QED) is 0.824. The number of nitrogens with zero attached hydrogens (tertiary/aromatic N) is 1. The Labute approximate surface area is 125 Å². The molecule has 2 heteroatoms. The van der Waals surface area contributed by atoms with Gasteiger partial charge in [0.15, 0.2) is 0 Å². The van der Waals surface area contributed by atoms with Gasteiger partial charge in [-0.15, -0.1) is 0 Å². The van der Waals surface area contributed by atoms with Crippen molar-refractivity contribution in [2.24, 2.45) is 5.92 Å². The van der Waals surface area contributed by atoms with Crippen LogP contribution < -0.4 is 0 Å². The number of hydrogen-bond donors (Lipinski definition) is 0. The SMILES string of the molecule is O=C1[C@H]2C[C@H](Cc3ccccc32)CN1Cc1ccccc1.